The molecule has 2 aromatic rings. The summed E-state index contributed by atoms with van der Waals surface area (Å²) in [6.45, 7) is 8.84. The van der Waals surface area contributed by atoms with E-state index in [0.717, 1.165) is 25.0 Å². The van der Waals surface area contributed by atoms with E-state index in [9.17, 15) is 4.79 Å². The quantitative estimate of drug-likeness (QED) is 0.840. The van der Waals surface area contributed by atoms with Crippen LogP contribution >= 0.6 is 0 Å². The minimum absolute atomic E-state index is 0.242. The van der Waals surface area contributed by atoms with Gasteiger partial charge in [0.15, 0.2) is 5.82 Å². The Kier molecular flexibility index (Phi) is 4.78. The number of ether oxygens (including phenoxy) is 1. The van der Waals surface area contributed by atoms with Crippen LogP contribution in [0.15, 0.2) is 15.1 Å². The fourth-order valence-electron chi connectivity index (χ4n) is 2.81. The molecule has 1 saturated heterocycles. The topological polar surface area (TPSA) is 94.5 Å². The van der Waals surface area contributed by atoms with Crippen LogP contribution < -0.4 is 0 Å². The van der Waals surface area contributed by atoms with Gasteiger partial charge in [0.05, 0.1) is 5.69 Å². The van der Waals surface area contributed by atoms with E-state index in [1.807, 2.05) is 27.7 Å². The van der Waals surface area contributed by atoms with Gasteiger partial charge >= 0.3 is 6.09 Å². The molecule has 0 unspecified atom stereocenters. The van der Waals surface area contributed by atoms with Gasteiger partial charge in [-0.05, 0) is 46.5 Å². The first-order valence-corrected chi connectivity index (χ1v) is 8.54. The number of rotatable bonds is 3. The fourth-order valence-corrected chi connectivity index (χ4v) is 2.81. The molecular formula is C17H24N4O4. The predicted molar refractivity (Wildman–Crippen MR) is 88.8 cm³/mol. The van der Waals surface area contributed by atoms with Crippen molar-refractivity contribution >= 4 is 6.09 Å². The average Bonchev–Trinajstić information content (AvgIpc) is 3.15. The number of carbonyl (C=O) groups is 1. The molecule has 1 amide bonds. The number of nitrogens with zero attached hydrogens (tertiary/aromatic N) is 4. The number of aromatic nitrogens is 3. The number of hydrogen-bond acceptors (Lipinski definition) is 7. The summed E-state index contributed by atoms with van der Waals surface area (Å²) in [4.78, 5) is 18.2. The van der Waals surface area contributed by atoms with Crippen LogP contribution in [0, 0.1) is 12.8 Å². The lowest BCUT2D eigenvalue weighted by Gasteiger charge is -2.33. The van der Waals surface area contributed by atoms with Crippen molar-refractivity contribution in [3.8, 4) is 11.7 Å². The first-order valence-electron chi connectivity index (χ1n) is 8.54. The summed E-state index contributed by atoms with van der Waals surface area (Å²) in [7, 11) is 0. The summed E-state index contributed by atoms with van der Waals surface area (Å²) in [6, 6.07) is 1.76. The fraction of sp³-hybridized carbons (Fsp3) is 0.647. The standard InChI is InChI=1S/C17H24N4O4/c1-11-9-13(24-19-11)15-18-14(20-25-15)10-12-5-7-21(8-6-12)16(22)23-17(2,3)4/h9,12H,5-8,10H2,1-4H3. The third kappa shape index (κ3) is 4.58. The molecule has 8 heteroatoms. The SMILES string of the molecule is Cc1cc(-c2nc(CC3CCN(C(=O)OC(C)(C)C)CC3)no2)on1. The van der Waals surface area contributed by atoms with Crippen LogP contribution in [0.3, 0.4) is 0 Å². The van der Waals surface area contributed by atoms with E-state index in [1.54, 1.807) is 11.0 Å². The molecule has 1 fully saturated rings. The summed E-state index contributed by atoms with van der Waals surface area (Å²) in [5.74, 6) is 1.90. The van der Waals surface area contributed by atoms with Crippen LogP contribution in [0.2, 0.25) is 0 Å². The van der Waals surface area contributed by atoms with Gasteiger partial charge in [-0.3, -0.25) is 0 Å². The molecule has 0 atom stereocenters. The molecule has 2 aromatic heterocycles. The van der Waals surface area contributed by atoms with E-state index in [2.05, 4.69) is 15.3 Å². The predicted octanol–water partition coefficient (Wildman–Crippen LogP) is 3.22. The Bertz CT molecular complexity index is 723. The Hall–Kier alpha value is -2.38. The zero-order valence-corrected chi connectivity index (χ0v) is 15.1. The van der Waals surface area contributed by atoms with Crippen LogP contribution in [-0.4, -0.2) is 45.0 Å². The van der Waals surface area contributed by atoms with E-state index in [0.29, 0.717) is 36.5 Å². The normalized spacial score (nSPS) is 16.2. The molecule has 0 N–H and O–H groups in total. The Labute approximate surface area is 146 Å². The lowest BCUT2D eigenvalue weighted by atomic mass is 9.93. The number of amides is 1. The summed E-state index contributed by atoms with van der Waals surface area (Å²) in [6.07, 6.45) is 2.27. The van der Waals surface area contributed by atoms with E-state index in [-0.39, 0.29) is 6.09 Å². The molecule has 25 heavy (non-hydrogen) atoms. The Morgan fingerprint density at radius 3 is 2.60 bits per heavy atom. The molecule has 0 spiro atoms. The summed E-state index contributed by atoms with van der Waals surface area (Å²) in [5, 5.41) is 7.84. The highest BCUT2D eigenvalue weighted by Gasteiger charge is 2.27. The van der Waals surface area contributed by atoms with E-state index >= 15 is 0 Å². The molecule has 8 nitrogen and oxygen atoms in total. The molecule has 136 valence electrons. The summed E-state index contributed by atoms with van der Waals surface area (Å²) >= 11 is 0. The van der Waals surface area contributed by atoms with Gasteiger partial charge < -0.3 is 18.7 Å². The minimum Gasteiger partial charge on any atom is -0.444 e. The van der Waals surface area contributed by atoms with Crippen molar-refractivity contribution in [2.45, 2.75) is 52.6 Å². The highest BCUT2D eigenvalue weighted by molar-refractivity contribution is 5.68. The first kappa shape index (κ1) is 17.4. The molecule has 0 radical (unpaired) electrons. The summed E-state index contributed by atoms with van der Waals surface area (Å²) in [5.41, 5.74) is 0.304. The van der Waals surface area contributed by atoms with Crippen LogP contribution in [0.1, 0.15) is 45.1 Å². The van der Waals surface area contributed by atoms with E-state index in [1.165, 1.54) is 0 Å². The number of aryl methyl sites for hydroxylation is 1. The average molecular weight is 348 g/mol. The number of hydrogen-bond donors (Lipinski definition) is 0. The van der Waals surface area contributed by atoms with E-state index in [4.69, 9.17) is 13.8 Å². The lowest BCUT2D eigenvalue weighted by molar-refractivity contribution is 0.0183. The van der Waals surface area contributed by atoms with Gasteiger partial charge in [-0.15, -0.1) is 0 Å². The van der Waals surface area contributed by atoms with E-state index < -0.39 is 5.60 Å². The molecule has 3 heterocycles. The van der Waals surface area contributed by atoms with Crippen molar-refractivity contribution in [3.63, 3.8) is 0 Å². The minimum atomic E-state index is -0.464. The number of carbonyl (C=O) groups excluding carboxylic acids is 1. The second-order valence-corrected chi connectivity index (χ2v) is 7.46. The van der Waals surface area contributed by atoms with Gasteiger partial charge in [0.25, 0.3) is 5.89 Å². The molecule has 1 aliphatic heterocycles. The van der Waals surface area contributed by atoms with Crippen molar-refractivity contribution < 1.29 is 18.6 Å². The van der Waals surface area contributed by atoms with Gasteiger partial charge in [0.2, 0.25) is 5.76 Å². The van der Waals surface area contributed by atoms with Gasteiger partial charge in [-0.2, -0.15) is 4.98 Å². The molecule has 0 aliphatic carbocycles. The van der Waals surface area contributed by atoms with Crippen molar-refractivity contribution in [3.05, 3.63) is 17.6 Å². The smallest absolute Gasteiger partial charge is 0.410 e. The zero-order valence-electron chi connectivity index (χ0n) is 15.1. The van der Waals surface area contributed by atoms with Crippen molar-refractivity contribution in [1.82, 2.24) is 20.2 Å². The molecule has 1 aliphatic rings. The number of piperidine rings is 1. The third-order valence-corrected chi connectivity index (χ3v) is 4.04. The van der Waals surface area contributed by atoms with Crippen LogP contribution in [0.4, 0.5) is 4.79 Å². The molecule has 3 rings (SSSR count). The second-order valence-electron chi connectivity index (χ2n) is 7.46. The highest BCUT2D eigenvalue weighted by Crippen LogP contribution is 2.24. The van der Waals surface area contributed by atoms with Crippen molar-refractivity contribution in [2.75, 3.05) is 13.1 Å². The molecule has 0 bridgehead atoms. The Morgan fingerprint density at radius 2 is 2.00 bits per heavy atom. The maximum atomic E-state index is 12.1. The maximum Gasteiger partial charge on any atom is 0.410 e. The largest absolute Gasteiger partial charge is 0.444 e. The monoisotopic (exact) mass is 348 g/mol. The van der Waals surface area contributed by atoms with Gasteiger partial charge in [-0.25, -0.2) is 4.79 Å². The van der Waals surface area contributed by atoms with Crippen LogP contribution in [0.25, 0.3) is 11.7 Å². The highest BCUT2D eigenvalue weighted by atomic mass is 16.6. The number of likely N-dealkylation sites (tertiary alicyclic amines) is 1. The van der Waals surface area contributed by atoms with Gasteiger partial charge in [0.1, 0.15) is 5.60 Å². The molecular weight excluding hydrogens is 324 g/mol. The second kappa shape index (κ2) is 6.85. The maximum absolute atomic E-state index is 12.1. The van der Waals surface area contributed by atoms with Crippen molar-refractivity contribution in [1.29, 1.82) is 0 Å². The first-order chi connectivity index (χ1) is 11.8. The Balaban J connectivity index is 1.51. The Morgan fingerprint density at radius 1 is 1.28 bits per heavy atom. The summed E-state index contributed by atoms with van der Waals surface area (Å²) < 4.78 is 15.8. The zero-order chi connectivity index (χ0) is 18.0. The third-order valence-electron chi connectivity index (χ3n) is 4.04. The molecule has 0 aromatic carbocycles. The van der Waals surface area contributed by atoms with Gasteiger partial charge in [0, 0.05) is 25.6 Å². The lowest BCUT2D eigenvalue weighted by Crippen LogP contribution is -2.42. The molecule has 0 saturated carbocycles. The van der Waals surface area contributed by atoms with Crippen molar-refractivity contribution in [2.24, 2.45) is 5.92 Å². The van der Waals surface area contributed by atoms with Crippen LogP contribution in [-0.2, 0) is 11.2 Å². The van der Waals surface area contributed by atoms with Gasteiger partial charge in [-0.1, -0.05) is 10.3 Å². The van der Waals surface area contributed by atoms with Crippen LogP contribution in [0.5, 0.6) is 0 Å².